The maximum Gasteiger partial charge on any atom is 0.501 e. The maximum absolute atomic E-state index is 14.2. The van der Waals surface area contributed by atoms with Crippen LogP contribution >= 0.6 is 15.9 Å². The molecule has 1 N–H and O–H groups in total. The van der Waals surface area contributed by atoms with Crippen LogP contribution in [0.2, 0.25) is 0 Å². The third-order valence-electron chi connectivity index (χ3n) is 4.64. The van der Waals surface area contributed by atoms with E-state index in [0.717, 1.165) is 24.3 Å². The van der Waals surface area contributed by atoms with Crippen LogP contribution in [0, 0.1) is 12.7 Å². The van der Waals surface area contributed by atoms with Gasteiger partial charge in [0.05, 0.1) is 4.90 Å². The number of carbonyl (C=O) groups is 1. The van der Waals surface area contributed by atoms with Crippen LogP contribution in [0.3, 0.4) is 0 Å². The van der Waals surface area contributed by atoms with Crippen molar-refractivity contribution in [2.45, 2.75) is 23.4 Å². The highest BCUT2D eigenvalue weighted by Gasteiger charge is 2.48. The van der Waals surface area contributed by atoms with Crippen molar-refractivity contribution < 1.29 is 40.6 Å². The molecular formula is C22H15BrF4O5S. The zero-order chi connectivity index (χ0) is 24.6. The predicted molar refractivity (Wildman–Crippen MR) is 114 cm³/mol. The van der Waals surface area contributed by atoms with Crippen molar-refractivity contribution in [2.24, 2.45) is 0 Å². The summed E-state index contributed by atoms with van der Waals surface area (Å²) in [6.07, 6.45) is -1.55. The summed E-state index contributed by atoms with van der Waals surface area (Å²) in [4.78, 5) is 11.6. The maximum atomic E-state index is 14.2. The standard InChI is InChI=1S/C22H15BrF4O5S/c1-12-17(7-8-18(19(12)23)33(30,31)22(25,26)27)32-16-10-14(9-15(24)11-16)21(29)20(28)13-5-3-2-4-6-13/h2-11,20,28H,1H3. The summed E-state index contributed by atoms with van der Waals surface area (Å²) in [5.41, 5.74) is -5.39. The second kappa shape index (κ2) is 9.24. The molecule has 5 nitrogen and oxygen atoms in total. The number of alkyl halides is 3. The normalized spacial score (nSPS) is 12.9. The van der Waals surface area contributed by atoms with Crippen molar-refractivity contribution >= 4 is 31.6 Å². The van der Waals surface area contributed by atoms with Gasteiger partial charge in [0.1, 0.15) is 23.4 Å². The molecule has 1 unspecified atom stereocenters. The quantitative estimate of drug-likeness (QED) is 0.307. The van der Waals surface area contributed by atoms with Gasteiger partial charge in [0.2, 0.25) is 0 Å². The first-order valence-electron chi connectivity index (χ1n) is 9.19. The Bertz CT molecular complexity index is 1310. The lowest BCUT2D eigenvalue weighted by Crippen LogP contribution is -2.23. The highest BCUT2D eigenvalue weighted by atomic mass is 79.9. The second-order valence-electron chi connectivity index (χ2n) is 6.91. The number of carbonyl (C=O) groups excluding carboxylic acids is 1. The minimum Gasteiger partial charge on any atom is -0.457 e. The fraction of sp³-hybridized carbons (Fsp3) is 0.136. The molecule has 0 aliphatic carbocycles. The Hall–Kier alpha value is -2.76. The zero-order valence-corrected chi connectivity index (χ0v) is 19.1. The molecule has 1 atom stereocenters. The number of halogens is 5. The minimum absolute atomic E-state index is 0.00165. The van der Waals surface area contributed by atoms with Gasteiger partial charge in [-0.3, -0.25) is 4.79 Å². The molecule has 0 aromatic heterocycles. The van der Waals surface area contributed by atoms with Crippen molar-refractivity contribution in [2.75, 3.05) is 0 Å². The summed E-state index contributed by atoms with van der Waals surface area (Å²) in [5.74, 6) is -1.91. The molecule has 3 aromatic rings. The van der Waals surface area contributed by atoms with Crippen LogP contribution < -0.4 is 4.74 Å². The molecule has 0 radical (unpaired) electrons. The molecule has 11 heteroatoms. The molecule has 0 bridgehead atoms. The van der Waals surface area contributed by atoms with Crippen LogP contribution in [-0.2, 0) is 9.84 Å². The van der Waals surface area contributed by atoms with E-state index in [0.29, 0.717) is 11.6 Å². The van der Waals surface area contributed by atoms with E-state index in [4.69, 9.17) is 4.74 Å². The first kappa shape index (κ1) is 24.9. The fourth-order valence-electron chi connectivity index (χ4n) is 2.92. The Morgan fingerprint density at radius 1 is 1.06 bits per heavy atom. The van der Waals surface area contributed by atoms with Crippen molar-refractivity contribution in [3.05, 3.63) is 87.6 Å². The molecule has 0 aliphatic heterocycles. The number of aliphatic hydroxyl groups is 1. The number of ketones is 1. The third-order valence-corrected chi connectivity index (χ3v) is 7.46. The van der Waals surface area contributed by atoms with Gasteiger partial charge < -0.3 is 9.84 Å². The molecule has 0 spiro atoms. The molecule has 0 aliphatic rings. The van der Waals surface area contributed by atoms with Crippen molar-refractivity contribution in [3.63, 3.8) is 0 Å². The SMILES string of the molecule is Cc1c(Oc2cc(F)cc(C(=O)C(O)c3ccccc3)c2)ccc(S(=O)(=O)C(F)(F)F)c1Br. The molecule has 33 heavy (non-hydrogen) atoms. The number of rotatable bonds is 6. The van der Waals surface area contributed by atoms with Crippen molar-refractivity contribution in [3.8, 4) is 11.5 Å². The van der Waals surface area contributed by atoms with Gasteiger partial charge in [-0.15, -0.1) is 0 Å². The molecule has 0 saturated heterocycles. The molecule has 0 fully saturated rings. The van der Waals surface area contributed by atoms with Crippen LogP contribution in [0.25, 0.3) is 0 Å². The molecule has 3 rings (SSSR count). The van der Waals surface area contributed by atoms with Crippen molar-refractivity contribution in [1.82, 2.24) is 0 Å². The van der Waals surface area contributed by atoms with E-state index in [2.05, 4.69) is 15.9 Å². The molecule has 0 heterocycles. The number of ether oxygens (including phenoxy) is 1. The molecular weight excluding hydrogens is 532 g/mol. The van der Waals surface area contributed by atoms with Gasteiger partial charge in [-0.25, -0.2) is 12.8 Å². The average molecular weight is 547 g/mol. The summed E-state index contributed by atoms with van der Waals surface area (Å²) in [5, 5.41) is 10.3. The Labute approximate surface area is 194 Å². The van der Waals surface area contributed by atoms with Gasteiger partial charge in [0.25, 0.3) is 9.84 Å². The fourth-order valence-corrected chi connectivity index (χ4v) is 4.77. The summed E-state index contributed by atoms with van der Waals surface area (Å²) >= 11 is 2.85. The first-order valence-corrected chi connectivity index (χ1v) is 11.5. The highest BCUT2D eigenvalue weighted by Crippen LogP contribution is 2.40. The third kappa shape index (κ3) is 5.10. The lowest BCUT2D eigenvalue weighted by atomic mass is 10.00. The number of hydrogen-bond donors (Lipinski definition) is 1. The van der Waals surface area contributed by atoms with Gasteiger partial charge in [-0.2, -0.15) is 13.2 Å². The summed E-state index contributed by atoms with van der Waals surface area (Å²) in [6.45, 7) is 1.30. The van der Waals surface area contributed by atoms with Crippen LogP contribution in [0.15, 0.2) is 70.0 Å². The largest absolute Gasteiger partial charge is 0.501 e. The summed E-state index contributed by atoms with van der Waals surface area (Å²) < 4.78 is 81.5. The number of benzene rings is 3. The Morgan fingerprint density at radius 2 is 1.70 bits per heavy atom. The molecule has 3 aromatic carbocycles. The van der Waals surface area contributed by atoms with Crippen LogP contribution in [0.4, 0.5) is 17.6 Å². The van der Waals surface area contributed by atoms with E-state index in [-0.39, 0.29) is 27.1 Å². The minimum atomic E-state index is -5.61. The molecule has 0 amide bonds. The highest BCUT2D eigenvalue weighted by molar-refractivity contribution is 9.10. The topological polar surface area (TPSA) is 80.7 Å². The Kier molecular flexibility index (Phi) is 6.96. The number of sulfone groups is 1. The van der Waals surface area contributed by atoms with E-state index in [1.54, 1.807) is 18.2 Å². The Balaban J connectivity index is 1.94. The molecule has 174 valence electrons. The average Bonchev–Trinajstić information content (AvgIpc) is 2.75. The van der Waals surface area contributed by atoms with Gasteiger partial charge in [-0.05, 0) is 52.7 Å². The number of Topliss-reactive ketones (excluding diaryl/α,β-unsaturated/α-hetero) is 1. The number of hydrogen-bond acceptors (Lipinski definition) is 5. The first-order chi connectivity index (χ1) is 15.3. The van der Waals surface area contributed by atoms with Crippen LogP contribution in [0.5, 0.6) is 11.5 Å². The van der Waals surface area contributed by atoms with E-state index in [9.17, 15) is 35.9 Å². The van der Waals surface area contributed by atoms with Crippen LogP contribution in [-0.4, -0.2) is 24.8 Å². The van der Waals surface area contributed by atoms with E-state index in [1.807, 2.05) is 0 Å². The van der Waals surface area contributed by atoms with Gasteiger partial charge in [0.15, 0.2) is 5.78 Å². The monoisotopic (exact) mass is 546 g/mol. The summed E-state index contributed by atoms with van der Waals surface area (Å²) in [6, 6.07) is 12.7. The summed E-state index contributed by atoms with van der Waals surface area (Å²) in [7, 11) is -5.61. The smallest absolute Gasteiger partial charge is 0.457 e. The lowest BCUT2D eigenvalue weighted by molar-refractivity contribution is -0.0436. The van der Waals surface area contributed by atoms with E-state index in [1.165, 1.54) is 19.1 Å². The zero-order valence-electron chi connectivity index (χ0n) is 16.7. The molecule has 0 saturated carbocycles. The van der Waals surface area contributed by atoms with E-state index < -0.39 is 37.9 Å². The van der Waals surface area contributed by atoms with Crippen LogP contribution in [0.1, 0.15) is 27.6 Å². The Morgan fingerprint density at radius 3 is 2.30 bits per heavy atom. The van der Waals surface area contributed by atoms with Gasteiger partial charge in [0, 0.05) is 21.7 Å². The van der Waals surface area contributed by atoms with Crippen molar-refractivity contribution in [1.29, 1.82) is 0 Å². The predicted octanol–water partition coefficient (Wildman–Crippen LogP) is 5.90. The number of aliphatic hydroxyl groups excluding tert-OH is 1. The van der Waals surface area contributed by atoms with E-state index >= 15 is 0 Å². The lowest BCUT2D eigenvalue weighted by Gasteiger charge is -2.16. The van der Waals surface area contributed by atoms with Gasteiger partial charge >= 0.3 is 5.51 Å². The van der Waals surface area contributed by atoms with Gasteiger partial charge in [-0.1, -0.05) is 30.3 Å². The second-order valence-corrected chi connectivity index (χ2v) is 9.61.